The lowest BCUT2D eigenvalue weighted by Gasteiger charge is -2.35. The van der Waals surface area contributed by atoms with E-state index in [1.54, 1.807) is 6.07 Å². The van der Waals surface area contributed by atoms with Gasteiger partial charge in [0.1, 0.15) is 5.75 Å². The maximum Gasteiger partial charge on any atom is 0.115 e. The molecule has 1 aliphatic rings. The summed E-state index contributed by atoms with van der Waals surface area (Å²) >= 11 is 0. The number of benzene rings is 3. The summed E-state index contributed by atoms with van der Waals surface area (Å²) in [6.07, 6.45) is 2.04. The number of hydrogen-bond donors (Lipinski definition) is 2. The number of aliphatic hydroxyl groups excluding tert-OH is 1. The van der Waals surface area contributed by atoms with Crippen LogP contribution in [-0.4, -0.2) is 23.4 Å². The number of phenolic OH excluding ortho intramolecular Hbond substituents is 1. The molecule has 0 bridgehead atoms. The lowest BCUT2D eigenvalue weighted by molar-refractivity contribution is 0.0815. The quantitative estimate of drug-likeness (QED) is 0.612. The van der Waals surface area contributed by atoms with Crippen LogP contribution in [0.15, 0.2) is 72.8 Å². The molecule has 0 spiro atoms. The van der Waals surface area contributed by atoms with Gasteiger partial charge in [-0.1, -0.05) is 60.7 Å². The molecule has 3 aromatic carbocycles. The highest BCUT2D eigenvalue weighted by Gasteiger charge is 2.32. The number of aliphatic hydroxyl groups is 1. The molecule has 0 unspecified atom stereocenters. The third-order valence-corrected chi connectivity index (χ3v) is 5.66. The Labute approximate surface area is 166 Å². The predicted octanol–water partition coefficient (Wildman–Crippen LogP) is 4.76. The SMILES string of the molecule is OCCOCc1ccc([C@@H]2c3ccc(O)cc3CC[C@@H]2c2ccccc2)cc1. The largest absolute Gasteiger partial charge is 0.508 e. The Hall–Kier alpha value is -2.62. The number of rotatable bonds is 6. The van der Waals surface area contributed by atoms with Gasteiger partial charge >= 0.3 is 0 Å². The van der Waals surface area contributed by atoms with Crippen LogP contribution in [0.1, 0.15) is 46.1 Å². The zero-order valence-electron chi connectivity index (χ0n) is 15.9. The Balaban J connectivity index is 1.69. The molecule has 0 saturated carbocycles. The van der Waals surface area contributed by atoms with Crippen molar-refractivity contribution >= 4 is 0 Å². The van der Waals surface area contributed by atoms with Gasteiger partial charge in [0.25, 0.3) is 0 Å². The van der Waals surface area contributed by atoms with Gasteiger partial charge in [0.2, 0.25) is 0 Å². The molecule has 3 aromatic rings. The summed E-state index contributed by atoms with van der Waals surface area (Å²) < 4.78 is 5.44. The topological polar surface area (TPSA) is 49.7 Å². The van der Waals surface area contributed by atoms with Crippen molar-refractivity contribution in [3.63, 3.8) is 0 Å². The summed E-state index contributed by atoms with van der Waals surface area (Å²) in [5, 5.41) is 18.8. The zero-order chi connectivity index (χ0) is 19.3. The monoisotopic (exact) mass is 374 g/mol. The first kappa shape index (κ1) is 18.7. The molecule has 0 radical (unpaired) electrons. The Morgan fingerprint density at radius 1 is 0.893 bits per heavy atom. The molecule has 144 valence electrons. The van der Waals surface area contributed by atoms with E-state index >= 15 is 0 Å². The second-order valence-corrected chi connectivity index (χ2v) is 7.43. The third-order valence-electron chi connectivity index (χ3n) is 5.66. The average molecular weight is 374 g/mol. The lowest BCUT2D eigenvalue weighted by Crippen LogP contribution is -2.20. The highest BCUT2D eigenvalue weighted by atomic mass is 16.5. The van der Waals surface area contributed by atoms with Crippen LogP contribution >= 0.6 is 0 Å². The number of aryl methyl sites for hydroxylation is 1. The van der Waals surface area contributed by atoms with Crippen molar-refractivity contribution in [1.29, 1.82) is 0 Å². The van der Waals surface area contributed by atoms with E-state index < -0.39 is 0 Å². The summed E-state index contributed by atoms with van der Waals surface area (Å²) in [6, 6.07) is 25.2. The van der Waals surface area contributed by atoms with Gasteiger partial charge in [-0.05, 0) is 58.7 Å². The normalized spacial score (nSPS) is 18.6. The van der Waals surface area contributed by atoms with Crippen LogP contribution in [0.5, 0.6) is 5.75 Å². The lowest BCUT2D eigenvalue weighted by atomic mass is 9.69. The highest BCUT2D eigenvalue weighted by molar-refractivity contribution is 5.47. The summed E-state index contributed by atoms with van der Waals surface area (Å²) in [6.45, 7) is 0.915. The maximum atomic E-state index is 9.94. The molecule has 3 nitrogen and oxygen atoms in total. The third kappa shape index (κ3) is 3.96. The van der Waals surface area contributed by atoms with Gasteiger partial charge in [-0.25, -0.2) is 0 Å². The molecule has 1 aliphatic carbocycles. The smallest absolute Gasteiger partial charge is 0.115 e. The Morgan fingerprint density at radius 3 is 2.43 bits per heavy atom. The second kappa shape index (κ2) is 8.59. The van der Waals surface area contributed by atoms with Crippen LogP contribution in [0.25, 0.3) is 0 Å². The number of fused-ring (bicyclic) bond motifs is 1. The molecule has 4 rings (SSSR count). The molecule has 2 atom stereocenters. The maximum absolute atomic E-state index is 9.94. The average Bonchev–Trinajstić information content (AvgIpc) is 2.74. The van der Waals surface area contributed by atoms with E-state index in [1.165, 1.54) is 22.3 Å². The van der Waals surface area contributed by atoms with Gasteiger partial charge < -0.3 is 14.9 Å². The van der Waals surface area contributed by atoms with Gasteiger partial charge in [-0.2, -0.15) is 0 Å². The van der Waals surface area contributed by atoms with Gasteiger partial charge in [0.05, 0.1) is 19.8 Å². The molecule has 0 fully saturated rings. The summed E-state index contributed by atoms with van der Waals surface area (Å²) in [4.78, 5) is 0. The number of ether oxygens (including phenoxy) is 1. The molecule has 0 heterocycles. The molecule has 0 aliphatic heterocycles. The van der Waals surface area contributed by atoms with Gasteiger partial charge in [-0.15, -0.1) is 0 Å². The Morgan fingerprint density at radius 2 is 1.68 bits per heavy atom. The van der Waals surface area contributed by atoms with Crippen LogP contribution in [0.4, 0.5) is 0 Å². The number of phenols is 1. The van der Waals surface area contributed by atoms with E-state index in [1.807, 2.05) is 6.07 Å². The molecule has 0 aromatic heterocycles. The van der Waals surface area contributed by atoms with Gasteiger partial charge in [0.15, 0.2) is 0 Å². The minimum atomic E-state index is 0.0442. The molecule has 3 heteroatoms. The number of aromatic hydroxyl groups is 1. The molecule has 0 saturated heterocycles. The fourth-order valence-corrected chi connectivity index (χ4v) is 4.35. The summed E-state index contributed by atoms with van der Waals surface area (Å²) in [5.74, 6) is 1.01. The Bertz CT molecular complexity index is 903. The molecular formula is C25H26O3. The van der Waals surface area contributed by atoms with Crippen molar-refractivity contribution < 1.29 is 14.9 Å². The highest BCUT2D eigenvalue weighted by Crippen LogP contribution is 2.46. The predicted molar refractivity (Wildman–Crippen MR) is 111 cm³/mol. The fraction of sp³-hybridized carbons (Fsp3) is 0.280. The number of hydrogen-bond acceptors (Lipinski definition) is 3. The van der Waals surface area contributed by atoms with Crippen LogP contribution in [0.3, 0.4) is 0 Å². The zero-order valence-corrected chi connectivity index (χ0v) is 15.9. The molecule has 2 N–H and O–H groups in total. The van der Waals surface area contributed by atoms with Crippen LogP contribution in [-0.2, 0) is 17.8 Å². The van der Waals surface area contributed by atoms with Crippen LogP contribution < -0.4 is 0 Å². The van der Waals surface area contributed by atoms with E-state index in [-0.39, 0.29) is 12.5 Å². The second-order valence-electron chi connectivity index (χ2n) is 7.43. The van der Waals surface area contributed by atoms with Crippen LogP contribution in [0.2, 0.25) is 0 Å². The van der Waals surface area contributed by atoms with E-state index in [2.05, 4.69) is 60.7 Å². The standard InChI is InChI=1S/C25H26O3/c26-14-15-28-17-18-6-8-20(9-7-18)25-23(19-4-2-1-3-5-19)12-10-21-16-22(27)11-13-24(21)25/h1-9,11,13,16,23,25-27H,10,12,14-15,17H2/t23-,25+/m1/s1. The van der Waals surface area contributed by atoms with Crippen molar-refractivity contribution in [3.8, 4) is 5.75 Å². The van der Waals surface area contributed by atoms with Gasteiger partial charge in [0, 0.05) is 5.92 Å². The fourth-order valence-electron chi connectivity index (χ4n) is 4.35. The minimum absolute atomic E-state index is 0.0442. The van der Waals surface area contributed by atoms with E-state index in [9.17, 15) is 5.11 Å². The molecule has 28 heavy (non-hydrogen) atoms. The molecular weight excluding hydrogens is 348 g/mol. The van der Waals surface area contributed by atoms with Crippen molar-refractivity contribution in [2.75, 3.05) is 13.2 Å². The van der Waals surface area contributed by atoms with E-state index in [0.29, 0.717) is 24.9 Å². The first-order chi connectivity index (χ1) is 13.8. The first-order valence-electron chi connectivity index (χ1n) is 9.90. The Kier molecular flexibility index (Phi) is 5.75. The van der Waals surface area contributed by atoms with Crippen molar-refractivity contribution in [3.05, 3.63) is 101 Å². The van der Waals surface area contributed by atoms with Crippen molar-refractivity contribution in [2.45, 2.75) is 31.3 Å². The van der Waals surface area contributed by atoms with Crippen LogP contribution in [0, 0.1) is 0 Å². The van der Waals surface area contributed by atoms with E-state index in [0.717, 1.165) is 18.4 Å². The minimum Gasteiger partial charge on any atom is -0.508 e. The first-order valence-corrected chi connectivity index (χ1v) is 9.90. The van der Waals surface area contributed by atoms with Gasteiger partial charge in [-0.3, -0.25) is 0 Å². The van der Waals surface area contributed by atoms with Crippen molar-refractivity contribution in [1.82, 2.24) is 0 Å². The molecule has 0 amide bonds. The summed E-state index contributed by atoms with van der Waals surface area (Å²) in [7, 11) is 0. The summed E-state index contributed by atoms with van der Waals surface area (Å²) in [5.41, 5.74) is 6.30. The van der Waals surface area contributed by atoms with E-state index in [4.69, 9.17) is 9.84 Å². The van der Waals surface area contributed by atoms with Crippen molar-refractivity contribution in [2.24, 2.45) is 0 Å².